The zero-order valence-corrected chi connectivity index (χ0v) is 17.4. The maximum Gasteiger partial charge on any atom is 0.321 e. The van der Waals surface area contributed by atoms with E-state index in [1.807, 2.05) is 19.1 Å². The van der Waals surface area contributed by atoms with E-state index >= 15 is 0 Å². The monoisotopic (exact) mass is 426 g/mol. The first kappa shape index (κ1) is 20.2. The molecule has 0 saturated heterocycles. The second-order valence-corrected chi connectivity index (χ2v) is 8.57. The van der Waals surface area contributed by atoms with Gasteiger partial charge in [0.2, 0.25) is 0 Å². The molecule has 1 fully saturated rings. The van der Waals surface area contributed by atoms with Gasteiger partial charge in [0.15, 0.2) is 10.9 Å². The quantitative estimate of drug-likeness (QED) is 0.715. The predicted molar refractivity (Wildman–Crippen MR) is 111 cm³/mol. The van der Waals surface area contributed by atoms with E-state index in [-0.39, 0.29) is 36.5 Å². The van der Waals surface area contributed by atoms with Crippen molar-refractivity contribution in [3.63, 3.8) is 0 Å². The van der Waals surface area contributed by atoms with Crippen LogP contribution in [-0.4, -0.2) is 39.4 Å². The predicted octanol–water partition coefficient (Wildman–Crippen LogP) is 2.67. The molecule has 30 heavy (non-hydrogen) atoms. The SMILES string of the molecule is CCc1cnc(NC(=O)NCc2ccc3c(c2)C(=O)N(C2CCC(=O)CC2=O)C3)s1. The summed E-state index contributed by atoms with van der Waals surface area (Å²) in [5.74, 6) is -0.436. The van der Waals surface area contributed by atoms with Gasteiger partial charge in [-0.05, 0) is 30.0 Å². The third-order valence-electron chi connectivity index (χ3n) is 5.40. The highest BCUT2D eigenvalue weighted by Gasteiger charge is 2.38. The molecule has 1 unspecified atom stereocenters. The third-order valence-corrected chi connectivity index (χ3v) is 6.45. The van der Waals surface area contributed by atoms with Gasteiger partial charge in [0.25, 0.3) is 5.91 Å². The van der Waals surface area contributed by atoms with E-state index in [4.69, 9.17) is 0 Å². The smallest absolute Gasteiger partial charge is 0.321 e. The number of thiazole rings is 1. The Morgan fingerprint density at radius 3 is 2.87 bits per heavy atom. The summed E-state index contributed by atoms with van der Waals surface area (Å²) in [5.41, 5.74) is 2.19. The molecule has 1 aliphatic carbocycles. The number of aryl methyl sites for hydroxylation is 1. The highest BCUT2D eigenvalue weighted by molar-refractivity contribution is 7.15. The molecule has 0 spiro atoms. The van der Waals surface area contributed by atoms with Crippen molar-refractivity contribution in [3.8, 4) is 0 Å². The third kappa shape index (κ3) is 4.11. The van der Waals surface area contributed by atoms with Crippen LogP contribution in [-0.2, 0) is 29.1 Å². The molecule has 1 aromatic carbocycles. The van der Waals surface area contributed by atoms with Crippen LogP contribution in [0, 0.1) is 0 Å². The fourth-order valence-corrected chi connectivity index (χ4v) is 4.52. The fraction of sp³-hybridized carbons (Fsp3) is 0.381. The van der Waals surface area contributed by atoms with Gasteiger partial charge in [-0.1, -0.05) is 19.1 Å². The summed E-state index contributed by atoms with van der Waals surface area (Å²) in [6, 6.07) is 4.59. The van der Waals surface area contributed by atoms with Crippen molar-refractivity contribution in [2.24, 2.45) is 0 Å². The van der Waals surface area contributed by atoms with Gasteiger partial charge in [-0.2, -0.15) is 0 Å². The maximum atomic E-state index is 12.9. The van der Waals surface area contributed by atoms with Gasteiger partial charge in [0, 0.05) is 36.1 Å². The summed E-state index contributed by atoms with van der Waals surface area (Å²) in [4.78, 5) is 55.5. The number of carbonyl (C=O) groups is 4. The Bertz CT molecular complexity index is 1030. The fourth-order valence-electron chi connectivity index (χ4n) is 3.77. The Hall–Kier alpha value is -3.07. The zero-order valence-electron chi connectivity index (χ0n) is 16.6. The Balaban J connectivity index is 1.37. The number of nitrogens with zero attached hydrogens (tertiary/aromatic N) is 2. The lowest BCUT2D eigenvalue weighted by molar-refractivity contribution is -0.133. The summed E-state index contributed by atoms with van der Waals surface area (Å²) < 4.78 is 0. The van der Waals surface area contributed by atoms with Crippen LogP contribution in [0.4, 0.5) is 9.93 Å². The van der Waals surface area contributed by atoms with Crippen molar-refractivity contribution >= 4 is 40.0 Å². The summed E-state index contributed by atoms with van der Waals surface area (Å²) in [6.07, 6.45) is 3.24. The van der Waals surface area contributed by atoms with Crippen LogP contribution >= 0.6 is 11.3 Å². The van der Waals surface area contributed by atoms with Crippen LogP contribution < -0.4 is 10.6 Å². The molecule has 4 rings (SSSR count). The molecule has 9 heteroatoms. The number of nitrogens with one attached hydrogen (secondary N) is 2. The molecule has 2 heterocycles. The molecule has 3 amide bonds. The van der Waals surface area contributed by atoms with Gasteiger partial charge in [-0.15, -0.1) is 11.3 Å². The van der Waals surface area contributed by atoms with Gasteiger partial charge in [0.1, 0.15) is 5.78 Å². The number of hydrogen-bond acceptors (Lipinski definition) is 6. The molecule has 1 aromatic heterocycles. The van der Waals surface area contributed by atoms with E-state index in [9.17, 15) is 19.2 Å². The van der Waals surface area contributed by atoms with Crippen molar-refractivity contribution in [2.45, 2.75) is 51.7 Å². The van der Waals surface area contributed by atoms with E-state index < -0.39 is 6.04 Å². The van der Waals surface area contributed by atoms with Crippen molar-refractivity contribution in [1.82, 2.24) is 15.2 Å². The Kier molecular flexibility index (Phi) is 5.63. The number of hydrogen-bond donors (Lipinski definition) is 2. The molecule has 1 saturated carbocycles. The van der Waals surface area contributed by atoms with Gasteiger partial charge < -0.3 is 10.2 Å². The second kappa shape index (κ2) is 8.35. The van der Waals surface area contributed by atoms with Crippen molar-refractivity contribution in [1.29, 1.82) is 0 Å². The molecule has 156 valence electrons. The van der Waals surface area contributed by atoms with E-state index in [0.717, 1.165) is 22.4 Å². The Labute approximate surface area is 177 Å². The van der Waals surface area contributed by atoms with E-state index in [1.165, 1.54) is 11.3 Å². The molecular formula is C21H22N4O4S. The lowest BCUT2D eigenvalue weighted by Crippen LogP contribution is -2.44. The average Bonchev–Trinajstić information content (AvgIpc) is 3.31. The standard InChI is InChI=1S/C21H22N4O4S/c1-2-15-10-23-21(30-15)24-20(29)22-9-12-3-4-13-11-25(19(28)16(13)7-12)17-6-5-14(26)8-18(17)27/h3-4,7,10,17H,2,5-6,8-9,11H2,1H3,(H2,22,23,24,29). The maximum absolute atomic E-state index is 12.9. The number of carbonyl (C=O) groups excluding carboxylic acids is 4. The second-order valence-electron chi connectivity index (χ2n) is 7.45. The topological polar surface area (TPSA) is 108 Å². The summed E-state index contributed by atoms with van der Waals surface area (Å²) in [7, 11) is 0. The molecule has 1 aliphatic heterocycles. The number of ketones is 2. The number of Topliss-reactive ketones (excluding diaryl/α,β-unsaturated/α-hetero) is 2. The summed E-state index contributed by atoms with van der Waals surface area (Å²) in [5, 5.41) is 6.01. The minimum atomic E-state index is -0.527. The first-order valence-electron chi connectivity index (χ1n) is 9.91. The zero-order chi connectivity index (χ0) is 21.3. The Morgan fingerprint density at radius 2 is 2.13 bits per heavy atom. The number of fused-ring (bicyclic) bond motifs is 1. The van der Waals surface area contributed by atoms with Crippen LogP contribution in [0.15, 0.2) is 24.4 Å². The molecule has 0 radical (unpaired) electrons. The van der Waals surface area contributed by atoms with E-state index in [1.54, 1.807) is 17.2 Å². The number of amides is 3. The minimum absolute atomic E-state index is 0.0595. The molecule has 8 nitrogen and oxygen atoms in total. The number of rotatable bonds is 5. The van der Waals surface area contributed by atoms with Crippen molar-refractivity contribution < 1.29 is 19.2 Å². The first-order valence-corrected chi connectivity index (χ1v) is 10.7. The van der Waals surface area contributed by atoms with E-state index in [0.29, 0.717) is 30.1 Å². The van der Waals surface area contributed by atoms with Crippen LogP contribution in [0.5, 0.6) is 0 Å². The normalized spacial score (nSPS) is 18.5. The molecular weight excluding hydrogens is 404 g/mol. The molecule has 2 aliphatic rings. The minimum Gasteiger partial charge on any atom is -0.334 e. The van der Waals surface area contributed by atoms with Crippen LogP contribution in [0.25, 0.3) is 0 Å². The number of anilines is 1. The number of benzene rings is 1. The molecule has 2 aromatic rings. The first-order chi connectivity index (χ1) is 14.4. The van der Waals surface area contributed by atoms with Crippen molar-refractivity contribution in [2.75, 3.05) is 5.32 Å². The van der Waals surface area contributed by atoms with Gasteiger partial charge in [-0.3, -0.25) is 19.7 Å². The highest BCUT2D eigenvalue weighted by atomic mass is 32.1. The summed E-state index contributed by atoms with van der Waals surface area (Å²) >= 11 is 1.43. The Morgan fingerprint density at radius 1 is 1.30 bits per heavy atom. The lowest BCUT2D eigenvalue weighted by atomic mass is 9.92. The molecule has 2 N–H and O–H groups in total. The van der Waals surface area contributed by atoms with Crippen LogP contribution in [0.1, 0.15) is 52.5 Å². The van der Waals surface area contributed by atoms with E-state index in [2.05, 4.69) is 15.6 Å². The summed E-state index contributed by atoms with van der Waals surface area (Å²) in [6.45, 7) is 2.66. The van der Waals surface area contributed by atoms with Crippen molar-refractivity contribution in [3.05, 3.63) is 46.0 Å². The van der Waals surface area contributed by atoms with Gasteiger partial charge in [0.05, 0.1) is 12.5 Å². The van der Waals surface area contributed by atoms with Crippen LogP contribution in [0.3, 0.4) is 0 Å². The van der Waals surface area contributed by atoms with Gasteiger partial charge >= 0.3 is 6.03 Å². The largest absolute Gasteiger partial charge is 0.334 e. The molecule has 0 bridgehead atoms. The lowest BCUT2D eigenvalue weighted by Gasteiger charge is -2.29. The molecule has 1 atom stereocenters. The van der Waals surface area contributed by atoms with Crippen LogP contribution in [0.2, 0.25) is 0 Å². The van der Waals surface area contributed by atoms with Gasteiger partial charge in [-0.25, -0.2) is 9.78 Å². The number of aromatic nitrogens is 1. The average molecular weight is 426 g/mol. The number of urea groups is 1. The highest BCUT2D eigenvalue weighted by Crippen LogP contribution is 2.29.